The molecule has 0 aliphatic heterocycles. The summed E-state index contributed by atoms with van der Waals surface area (Å²) >= 11 is 5.63. The molecule has 3 nitrogen and oxygen atoms in total. The molecule has 1 atom stereocenters. The lowest BCUT2D eigenvalue weighted by atomic mass is 10.0. The Morgan fingerprint density at radius 3 is 2.86 bits per heavy atom. The van der Waals surface area contributed by atoms with Gasteiger partial charge in [0.2, 0.25) is 0 Å². The van der Waals surface area contributed by atoms with Gasteiger partial charge in [-0.3, -0.25) is 4.79 Å². The molecule has 1 heterocycles. The van der Waals surface area contributed by atoms with E-state index in [0.29, 0.717) is 11.8 Å². The second-order valence-electron chi connectivity index (χ2n) is 2.89. The van der Waals surface area contributed by atoms with E-state index in [-0.39, 0.29) is 11.9 Å². The number of hydrogen-bond donors (Lipinski definition) is 0. The minimum atomic E-state index is -0.292. The highest BCUT2D eigenvalue weighted by Gasteiger charge is 2.16. The predicted octanol–water partition coefficient (Wildman–Crippen LogP) is 2.40. The summed E-state index contributed by atoms with van der Waals surface area (Å²) in [7, 11) is 0. The fraction of sp³-hybridized carbons (Fsp3) is 0.400. The molecule has 0 bridgehead atoms. The number of halogens is 1. The largest absolute Gasteiger partial charge is 0.466 e. The first-order valence-corrected chi connectivity index (χ1v) is 4.81. The fourth-order valence-electron chi connectivity index (χ4n) is 1.05. The Bertz CT molecular complexity index is 310. The number of rotatable bonds is 3. The molecule has 0 saturated carbocycles. The topological polar surface area (TPSA) is 39.2 Å². The van der Waals surface area contributed by atoms with Crippen LogP contribution in [0, 0.1) is 0 Å². The van der Waals surface area contributed by atoms with Crippen molar-refractivity contribution in [3.63, 3.8) is 0 Å². The minimum Gasteiger partial charge on any atom is -0.466 e. The summed E-state index contributed by atoms with van der Waals surface area (Å²) in [6, 6.07) is 3.43. The number of carbonyl (C=O) groups excluding carboxylic acids is 1. The van der Waals surface area contributed by atoms with E-state index in [1.54, 1.807) is 32.2 Å². The van der Waals surface area contributed by atoms with Crippen molar-refractivity contribution in [2.45, 2.75) is 19.8 Å². The summed E-state index contributed by atoms with van der Waals surface area (Å²) in [6.07, 6.45) is 1.59. The van der Waals surface area contributed by atoms with Crippen molar-refractivity contribution in [1.82, 2.24) is 4.98 Å². The highest BCUT2D eigenvalue weighted by Crippen LogP contribution is 2.17. The third-order valence-electron chi connectivity index (χ3n) is 1.89. The maximum atomic E-state index is 11.3. The molecule has 0 amide bonds. The molecule has 1 aromatic rings. The standard InChI is InChI=1S/C10H12ClNO2/c1-3-14-10(13)7(2)8-4-5-9(11)12-6-8/h4-7H,3H2,1-2H3/t7-/m1/s1. The van der Waals surface area contributed by atoms with Crippen molar-refractivity contribution in [2.24, 2.45) is 0 Å². The lowest BCUT2D eigenvalue weighted by Crippen LogP contribution is -2.13. The molecule has 0 aromatic carbocycles. The average Bonchev–Trinajstić information content (AvgIpc) is 2.18. The first-order chi connectivity index (χ1) is 6.65. The van der Waals surface area contributed by atoms with Crippen molar-refractivity contribution < 1.29 is 9.53 Å². The van der Waals surface area contributed by atoms with Crippen molar-refractivity contribution in [1.29, 1.82) is 0 Å². The Morgan fingerprint density at radius 1 is 1.64 bits per heavy atom. The van der Waals surface area contributed by atoms with Gasteiger partial charge in [-0.2, -0.15) is 0 Å². The van der Waals surface area contributed by atoms with E-state index in [4.69, 9.17) is 16.3 Å². The number of esters is 1. The molecule has 0 aliphatic carbocycles. The summed E-state index contributed by atoms with van der Waals surface area (Å²) in [5.41, 5.74) is 0.813. The van der Waals surface area contributed by atoms with E-state index >= 15 is 0 Å². The van der Waals surface area contributed by atoms with E-state index in [1.165, 1.54) is 0 Å². The lowest BCUT2D eigenvalue weighted by Gasteiger charge is -2.09. The maximum Gasteiger partial charge on any atom is 0.313 e. The zero-order chi connectivity index (χ0) is 10.6. The number of carbonyl (C=O) groups is 1. The van der Waals surface area contributed by atoms with Crippen LogP contribution in [-0.2, 0) is 9.53 Å². The zero-order valence-corrected chi connectivity index (χ0v) is 8.91. The normalized spacial score (nSPS) is 12.2. The molecule has 0 spiro atoms. The first-order valence-electron chi connectivity index (χ1n) is 4.43. The molecule has 0 unspecified atom stereocenters. The number of pyridine rings is 1. The quantitative estimate of drug-likeness (QED) is 0.572. The van der Waals surface area contributed by atoms with Gasteiger partial charge in [0.1, 0.15) is 5.15 Å². The van der Waals surface area contributed by atoms with Gasteiger partial charge in [0.25, 0.3) is 0 Å². The first kappa shape index (κ1) is 11.0. The molecule has 0 fully saturated rings. The highest BCUT2D eigenvalue weighted by atomic mass is 35.5. The molecule has 0 N–H and O–H groups in total. The predicted molar refractivity (Wildman–Crippen MR) is 54.3 cm³/mol. The van der Waals surface area contributed by atoms with Gasteiger partial charge in [-0.15, -0.1) is 0 Å². The van der Waals surface area contributed by atoms with Crippen molar-refractivity contribution in [3.8, 4) is 0 Å². The molecular formula is C10H12ClNO2. The Kier molecular flexibility index (Phi) is 3.89. The van der Waals surface area contributed by atoms with Crippen LogP contribution in [0.4, 0.5) is 0 Å². The van der Waals surface area contributed by atoms with Gasteiger partial charge < -0.3 is 4.74 Å². The van der Waals surface area contributed by atoms with Crippen LogP contribution in [0.2, 0.25) is 5.15 Å². The molecule has 1 aromatic heterocycles. The lowest BCUT2D eigenvalue weighted by molar-refractivity contribution is -0.144. The Hall–Kier alpha value is -1.09. The monoisotopic (exact) mass is 213 g/mol. The van der Waals surface area contributed by atoms with Gasteiger partial charge in [-0.05, 0) is 25.5 Å². The van der Waals surface area contributed by atoms with Crippen LogP contribution < -0.4 is 0 Å². The van der Waals surface area contributed by atoms with Crippen molar-refractivity contribution in [2.75, 3.05) is 6.61 Å². The molecule has 0 radical (unpaired) electrons. The van der Waals surface area contributed by atoms with Crippen molar-refractivity contribution >= 4 is 17.6 Å². The van der Waals surface area contributed by atoms with Crippen LogP contribution in [0.3, 0.4) is 0 Å². The Balaban J connectivity index is 2.73. The zero-order valence-electron chi connectivity index (χ0n) is 8.16. The Morgan fingerprint density at radius 2 is 2.36 bits per heavy atom. The van der Waals surface area contributed by atoms with Crippen LogP contribution in [-0.4, -0.2) is 17.6 Å². The highest BCUT2D eigenvalue weighted by molar-refractivity contribution is 6.29. The summed E-state index contributed by atoms with van der Waals surface area (Å²) in [6.45, 7) is 3.96. The van der Waals surface area contributed by atoms with Crippen LogP contribution in [0.15, 0.2) is 18.3 Å². The summed E-state index contributed by atoms with van der Waals surface area (Å²) < 4.78 is 4.89. The van der Waals surface area contributed by atoms with Crippen LogP contribution >= 0.6 is 11.6 Å². The van der Waals surface area contributed by atoms with E-state index in [2.05, 4.69) is 4.98 Å². The maximum absolute atomic E-state index is 11.3. The third-order valence-corrected chi connectivity index (χ3v) is 2.11. The SMILES string of the molecule is CCOC(=O)[C@H](C)c1ccc(Cl)nc1. The van der Waals surface area contributed by atoms with Crippen LogP contribution in [0.1, 0.15) is 25.3 Å². The third kappa shape index (κ3) is 2.70. The van der Waals surface area contributed by atoms with Gasteiger partial charge in [-0.25, -0.2) is 4.98 Å². The van der Waals surface area contributed by atoms with E-state index in [1.807, 2.05) is 0 Å². The van der Waals surface area contributed by atoms with Crippen LogP contribution in [0.25, 0.3) is 0 Å². The average molecular weight is 214 g/mol. The number of ether oxygens (including phenoxy) is 1. The number of aromatic nitrogens is 1. The molecule has 0 aliphatic rings. The molecule has 1 rings (SSSR count). The van der Waals surface area contributed by atoms with Gasteiger partial charge >= 0.3 is 5.97 Å². The van der Waals surface area contributed by atoms with Gasteiger partial charge in [-0.1, -0.05) is 17.7 Å². The van der Waals surface area contributed by atoms with E-state index in [9.17, 15) is 4.79 Å². The summed E-state index contributed by atoms with van der Waals surface area (Å²) in [5, 5.41) is 0.421. The smallest absolute Gasteiger partial charge is 0.313 e. The molecular weight excluding hydrogens is 202 g/mol. The summed E-state index contributed by atoms with van der Waals surface area (Å²) in [4.78, 5) is 15.2. The molecule has 0 saturated heterocycles. The molecule has 14 heavy (non-hydrogen) atoms. The van der Waals surface area contributed by atoms with Gasteiger partial charge in [0, 0.05) is 6.20 Å². The number of nitrogens with zero attached hydrogens (tertiary/aromatic N) is 1. The minimum absolute atomic E-state index is 0.239. The molecule has 4 heteroatoms. The second kappa shape index (κ2) is 4.96. The Labute approximate surface area is 88.1 Å². The number of hydrogen-bond acceptors (Lipinski definition) is 3. The summed E-state index contributed by atoms with van der Waals surface area (Å²) in [5.74, 6) is -0.531. The second-order valence-corrected chi connectivity index (χ2v) is 3.28. The fourth-order valence-corrected chi connectivity index (χ4v) is 1.16. The van der Waals surface area contributed by atoms with E-state index in [0.717, 1.165) is 5.56 Å². The van der Waals surface area contributed by atoms with Crippen LogP contribution in [0.5, 0.6) is 0 Å². The van der Waals surface area contributed by atoms with E-state index < -0.39 is 0 Å². The van der Waals surface area contributed by atoms with Gasteiger partial charge in [0.15, 0.2) is 0 Å². The molecule has 76 valence electrons. The van der Waals surface area contributed by atoms with Crippen molar-refractivity contribution in [3.05, 3.63) is 29.0 Å². The van der Waals surface area contributed by atoms with Gasteiger partial charge in [0.05, 0.1) is 12.5 Å².